The fourth-order valence-corrected chi connectivity index (χ4v) is 5.78. The Hall–Kier alpha value is -3.79. The standard InChI is InChI=1S/C31H21Cl2N2O/c1-18-12-13-19-6-2-3-7-21(19)24(18)17-35-27-11-4-8-23(31(34)36)30(27)22-15-14-20(16-28(22)35)29-25(32)9-5-10-26(29)33/h2-14,16H,17H2,1H3,(H2,34,36). The quantitative estimate of drug-likeness (QED) is 0.257. The monoisotopic (exact) mass is 507 g/mol. The molecule has 1 radical (unpaired) electrons. The van der Waals surface area contributed by atoms with Gasteiger partial charge in [-0.3, -0.25) is 4.79 Å². The van der Waals surface area contributed by atoms with Gasteiger partial charge in [-0.1, -0.05) is 71.7 Å². The van der Waals surface area contributed by atoms with Gasteiger partial charge in [0.1, 0.15) is 0 Å². The molecule has 0 fully saturated rings. The Balaban J connectivity index is 1.69. The molecule has 0 aliphatic rings. The number of amides is 1. The lowest BCUT2D eigenvalue weighted by molar-refractivity contribution is 0.100. The van der Waals surface area contributed by atoms with Crippen LogP contribution in [-0.2, 0) is 6.54 Å². The molecule has 2 N–H and O–H groups in total. The normalized spacial score (nSPS) is 11.5. The lowest BCUT2D eigenvalue weighted by atomic mass is 9.99. The molecule has 0 atom stereocenters. The van der Waals surface area contributed by atoms with Gasteiger partial charge >= 0.3 is 0 Å². The number of rotatable bonds is 4. The average Bonchev–Trinajstić information content (AvgIpc) is 3.18. The van der Waals surface area contributed by atoms with Crippen LogP contribution in [0.15, 0.2) is 84.9 Å². The van der Waals surface area contributed by atoms with Crippen LogP contribution in [0, 0.1) is 13.0 Å². The third kappa shape index (κ3) is 3.55. The summed E-state index contributed by atoms with van der Waals surface area (Å²) in [6, 6.07) is 31.2. The van der Waals surface area contributed by atoms with Crippen molar-refractivity contribution in [1.82, 2.24) is 4.57 Å². The zero-order chi connectivity index (χ0) is 25.0. The van der Waals surface area contributed by atoms with E-state index in [0.29, 0.717) is 22.2 Å². The van der Waals surface area contributed by atoms with Crippen LogP contribution in [0.1, 0.15) is 21.5 Å². The van der Waals surface area contributed by atoms with Crippen molar-refractivity contribution < 1.29 is 4.79 Å². The van der Waals surface area contributed by atoms with Crippen molar-refractivity contribution in [2.75, 3.05) is 0 Å². The summed E-state index contributed by atoms with van der Waals surface area (Å²) in [6.07, 6.45) is 0. The highest BCUT2D eigenvalue weighted by atomic mass is 35.5. The molecule has 6 aromatic rings. The number of halogens is 2. The van der Waals surface area contributed by atoms with E-state index in [1.54, 1.807) is 6.07 Å². The molecule has 6 rings (SSSR count). The average molecular weight is 508 g/mol. The number of benzene rings is 5. The molecule has 0 aliphatic heterocycles. The molecule has 5 aromatic carbocycles. The fraction of sp³-hybridized carbons (Fsp3) is 0.0645. The zero-order valence-corrected chi connectivity index (χ0v) is 21.0. The third-order valence-electron chi connectivity index (χ3n) is 6.90. The number of nitrogens with zero attached hydrogens (tertiary/aromatic N) is 1. The molecule has 0 saturated heterocycles. The summed E-state index contributed by atoms with van der Waals surface area (Å²) in [5.41, 5.74) is 12.2. The van der Waals surface area contributed by atoms with Crippen molar-refractivity contribution in [1.29, 1.82) is 0 Å². The van der Waals surface area contributed by atoms with Crippen LogP contribution in [0.25, 0.3) is 43.7 Å². The first kappa shape index (κ1) is 22.7. The van der Waals surface area contributed by atoms with Gasteiger partial charge in [0.25, 0.3) is 0 Å². The van der Waals surface area contributed by atoms with Crippen LogP contribution in [-0.4, -0.2) is 10.5 Å². The summed E-state index contributed by atoms with van der Waals surface area (Å²) < 4.78 is 2.23. The molecule has 1 amide bonds. The number of aromatic nitrogens is 1. The highest BCUT2D eigenvalue weighted by Gasteiger charge is 2.19. The van der Waals surface area contributed by atoms with Crippen LogP contribution in [0.3, 0.4) is 0 Å². The van der Waals surface area contributed by atoms with Crippen molar-refractivity contribution in [3.63, 3.8) is 0 Å². The van der Waals surface area contributed by atoms with E-state index in [1.807, 2.05) is 36.4 Å². The van der Waals surface area contributed by atoms with Crippen LogP contribution in [0.4, 0.5) is 0 Å². The first-order chi connectivity index (χ1) is 17.4. The smallest absolute Gasteiger partial charge is 0.249 e. The van der Waals surface area contributed by atoms with Crippen LogP contribution in [0.2, 0.25) is 10.0 Å². The highest BCUT2D eigenvalue weighted by molar-refractivity contribution is 6.39. The largest absolute Gasteiger partial charge is 0.366 e. The van der Waals surface area contributed by atoms with E-state index in [9.17, 15) is 4.79 Å². The summed E-state index contributed by atoms with van der Waals surface area (Å²) in [6.45, 7) is 2.74. The van der Waals surface area contributed by atoms with Gasteiger partial charge in [0, 0.05) is 38.5 Å². The Morgan fingerprint density at radius 1 is 0.917 bits per heavy atom. The van der Waals surface area contributed by atoms with Crippen molar-refractivity contribution in [2.24, 2.45) is 5.73 Å². The predicted octanol–water partition coefficient (Wildman–Crippen LogP) is 8.18. The minimum absolute atomic E-state index is 0.465. The van der Waals surface area contributed by atoms with Gasteiger partial charge < -0.3 is 10.3 Å². The van der Waals surface area contributed by atoms with E-state index in [4.69, 9.17) is 28.9 Å². The van der Waals surface area contributed by atoms with E-state index in [-0.39, 0.29) is 0 Å². The maximum Gasteiger partial charge on any atom is 0.249 e. The number of carbonyl (C=O) groups is 1. The van der Waals surface area contributed by atoms with E-state index in [1.165, 1.54) is 21.9 Å². The van der Waals surface area contributed by atoms with Crippen molar-refractivity contribution in [3.8, 4) is 11.1 Å². The van der Waals surface area contributed by atoms with Gasteiger partial charge in [0.2, 0.25) is 5.91 Å². The molecular formula is C31H21Cl2N2O. The molecule has 5 heteroatoms. The number of hydrogen-bond acceptors (Lipinski definition) is 1. The minimum Gasteiger partial charge on any atom is -0.366 e. The molecule has 1 aromatic heterocycles. The molecule has 0 unspecified atom stereocenters. The van der Waals surface area contributed by atoms with E-state index in [2.05, 4.69) is 60.0 Å². The summed E-state index contributed by atoms with van der Waals surface area (Å²) in [4.78, 5) is 12.4. The number of fused-ring (bicyclic) bond motifs is 4. The third-order valence-corrected chi connectivity index (χ3v) is 7.53. The van der Waals surface area contributed by atoms with Crippen molar-refractivity contribution in [3.05, 3.63) is 118 Å². The first-order valence-corrected chi connectivity index (χ1v) is 12.4. The van der Waals surface area contributed by atoms with Gasteiger partial charge in [0.05, 0.1) is 11.0 Å². The molecular weight excluding hydrogens is 487 g/mol. The summed E-state index contributed by atoms with van der Waals surface area (Å²) in [5, 5.41) is 5.17. The minimum atomic E-state index is -0.465. The molecule has 0 aliphatic carbocycles. The number of hydrogen-bond donors (Lipinski definition) is 1. The van der Waals surface area contributed by atoms with Crippen molar-refractivity contribution in [2.45, 2.75) is 13.5 Å². The first-order valence-electron chi connectivity index (χ1n) is 11.6. The molecule has 0 spiro atoms. The van der Waals surface area contributed by atoms with Gasteiger partial charge in [-0.15, -0.1) is 0 Å². The molecule has 36 heavy (non-hydrogen) atoms. The number of carbonyl (C=O) groups excluding carboxylic acids is 1. The van der Waals surface area contributed by atoms with Crippen LogP contribution in [0.5, 0.6) is 0 Å². The molecule has 0 saturated carbocycles. The molecule has 175 valence electrons. The molecule has 1 heterocycles. The lowest BCUT2D eigenvalue weighted by Gasteiger charge is -2.14. The van der Waals surface area contributed by atoms with Gasteiger partial charge in [-0.2, -0.15) is 0 Å². The second-order valence-electron chi connectivity index (χ2n) is 8.98. The topological polar surface area (TPSA) is 48.0 Å². The van der Waals surface area contributed by atoms with Gasteiger partial charge in [-0.05, 0) is 76.9 Å². The SMILES string of the molecule is Cc1ccc2ccccc2c1Cn1c2cc(-c3c(Cl)cccc3Cl)c[c]c2c2c(C(N)=O)cccc21. The lowest BCUT2D eigenvalue weighted by Crippen LogP contribution is -2.11. The molecule has 3 nitrogen and oxygen atoms in total. The second-order valence-corrected chi connectivity index (χ2v) is 9.79. The van der Waals surface area contributed by atoms with Gasteiger partial charge in [0.15, 0.2) is 0 Å². The highest BCUT2D eigenvalue weighted by Crippen LogP contribution is 2.39. The number of nitrogens with two attached hydrogens (primary N) is 1. The number of primary amides is 1. The second kappa shape index (κ2) is 8.70. The van der Waals surface area contributed by atoms with Crippen LogP contribution < -0.4 is 5.73 Å². The zero-order valence-electron chi connectivity index (χ0n) is 19.5. The predicted molar refractivity (Wildman–Crippen MR) is 150 cm³/mol. The van der Waals surface area contributed by atoms with E-state index in [0.717, 1.165) is 32.9 Å². The Bertz CT molecular complexity index is 1810. The van der Waals surface area contributed by atoms with Crippen molar-refractivity contribution >= 4 is 61.7 Å². The fourth-order valence-electron chi connectivity index (χ4n) is 5.16. The maximum atomic E-state index is 12.4. The number of aryl methyl sites for hydroxylation is 1. The van der Waals surface area contributed by atoms with E-state index >= 15 is 0 Å². The Morgan fingerprint density at radius 2 is 1.67 bits per heavy atom. The summed E-state index contributed by atoms with van der Waals surface area (Å²) in [5.74, 6) is -0.465. The molecule has 0 bridgehead atoms. The Labute approximate surface area is 218 Å². The van der Waals surface area contributed by atoms with E-state index < -0.39 is 5.91 Å². The van der Waals surface area contributed by atoms with Crippen LogP contribution >= 0.6 is 23.2 Å². The maximum absolute atomic E-state index is 12.4. The summed E-state index contributed by atoms with van der Waals surface area (Å²) >= 11 is 13.1. The summed E-state index contributed by atoms with van der Waals surface area (Å²) in [7, 11) is 0. The Morgan fingerprint density at radius 3 is 2.44 bits per heavy atom. The van der Waals surface area contributed by atoms with Gasteiger partial charge in [-0.25, -0.2) is 0 Å². The Kier molecular flexibility index (Phi) is 5.48.